The highest BCUT2D eigenvalue weighted by atomic mass is 16.3. The smallest absolute Gasteiger partial charge is 0.0781 e. The quantitative estimate of drug-likeness (QED) is 0.638. The first-order valence-electron chi connectivity index (χ1n) is 4.41. The number of allylic oxidation sites excluding steroid dienone is 3. The molecule has 1 heteroatoms. The molecule has 0 bridgehead atoms. The van der Waals surface area contributed by atoms with Gasteiger partial charge in [-0.05, 0) is 37.2 Å². The van der Waals surface area contributed by atoms with Crippen LogP contribution in [-0.2, 0) is 0 Å². The second-order valence-electron chi connectivity index (χ2n) is 3.49. The molecule has 0 amide bonds. The van der Waals surface area contributed by atoms with Crippen LogP contribution < -0.4 is 0 Å². The summed E-state index contributed by atoms with van der Waals surface area (Å²) in [6.07, 6.45) is 10.8. The van der Waals surface area contributed by atoms with E-state index in [4.69, 9.17) is 0 Å². The van der Waals surface area contributed by atoms with E-state index in [2.05, 4.69) is 18.2 Å². The molecular formula is C10H14O. The number of aliphatic hydroxyl groups is 1. The van der Waals surface area contributed by atoms with Crippen LogP contribution in [0.5, 0.6) is 0 Å². The maximum atomic E-state index is 9.71. The lowest BCUT2D eigenvalue weighted by Crippen LogP contribution is -2.13. The van der Waals surface area contributed by atoms with Gasteiger partial charge in [0.25, 0.3) is 0 Å². The van der Waals surface area contributed by atoms with Gasteiger partial charge in [-0.15, -0.1) is 0 Å². The SMILES string of the molecule is OC(C1=CC=CCC1)C1CC1. The van der Waals surface area contributed by atoms with Crippen LogP contribution in [-0.4, -0.2) is 11.2 Å². The highest BCUT2D eigenvalue weighted by molar-refractivity contribution is 5.22. The molecular weight excluding hydrogens is 136 g/mol. The molecule has 1 unspecified atom stereocenters. The van der Waals surface area contributed by atoms with Crippen LogP contribution in [0.4, 0.5) is 0 Å². The van der Waals surface area contributed by atoms with Crippen molar-refractivity contribution in [2.24, 2.45) is 5.92 Å². The summed E-state index contributed by atoms with van der Waals surface area (Å²) in [5.74, 6) is 0.591. The molecule has 0 spiro atoms. The van der Waals surface area contributed by atoms with E-state index >= 15 is 0 Å². The van der Waals surface area contributed by atoms with E-state index in [1.54, 1.807) is 0 Å². The van der Waals surface area contributed by atoms with Crippen molar-refractivity contribution in [1.29, 1.82) is 0 Å². The predicted molar refractivity (Wildman–Crippen MR) is 45.2 cm³/mol. The van der Waals surface area contributed by atoms with E-state index in [1.807, 2.05) is 0 Å². The van der Waals surface area contributed by atoms with E-state index in [1.165, 1.54) is 18.4 Å². The lowest BCUT2D eigenvalue weighted by molar-refractivity contribution is 0.183. The Morgan fingerprint density at radius 1 is 1.45 bits per heavy atom. The monoisotopic (exact) mass is 150 g/mol. The molecule has 2 aliphatic carbocycles. The van der Waals surface area contributed by atoms with Gasteiger partial charge < -0.3 is 5.11 Å². The van der Waals surface area contributed by atoms with Gasteiger partial charge in [-0.1, -0.05) is 18.2 Å². The van der Waals surface area contributed by atoms with Crippen LogP contribution in [0.25, 0.3) is 0 Å². The van der Waals surface area contributed by atoms with Crippen molar-refractivity contribution in [2.75, 3.05) is 0 Å². The molecule has 1 atom stereocenters. The van der Waals surface area contributed by atoms with Crippen molar-refractivity contribution in [3.63, 3.8) is 0 Å². The van der Waals surface area contributed by atoms with Gasteiger partial charge in [0.2, 0.25) is 0 Å². The molecule has 0 aliphatic heterocycles. The fourth-order valence-electron chi connectivity index (χ4n) is 1.58. The third kappa shape index (κ3) is 1.54. The zero-order valence-electron chi connectivity index (χ0n) is 6.66. The first kappa shape index (κ1) is 7.11. The molecule has 0 heterocycles. The number of aliphatic hydroxyl groups excluding tert-OH is 1. The molecule has 0 aromatic rings. The van der Waals surface area contributed by atoms with Gasteiger partial charge in [-0.25, -0.2) is 0 Å². The molecule has 11 heavy (non-hydrogen) atoms. The average molecular weight is 150 g/mol. The molecule has 2 rings (SSSR count). The zero-order chi connectivity index (χ0) is 7.68. The lowest BCUT2D eigenvalue weighted by Gasteiger charge is -2.14. The Morgan fingerprint density at radius 2 is 2.27 bits per heavy atom. The minimum absolute atomic E-state index is 0.125. The first-order chi connectivity index (χ1) is 5.38. The van der Waals surface area contributed by atoms with E-state index in [9.17, 15) is 5.11 Å². The van der Waals surface area contributed by atoms with Crippen molar-refractivity contribution in [3.05, 3.63) is 23.8 Å². The second kappa shape index (κ2) is 2.82. The van der Waals surface area contributed by atoms with E-state index in [0.29, 0.717) is 5.92 Å². The summed E-state index contributed by atoms with van der Waals surface area (Å²) < 4.78 is 0. The van der Waals surface area contributed by atoms with E-state index in [0.717, 1.165) is 12.8 Å². The summed E-state index contributed by atoms with van der Waals surface area (Å²) in [7, 11) is 0. The van der Waals surface area contributed by atoms with Gasteiger partial charge in [0.05, 0.1) is 6.10 Å². The van der Waals surface area contributed by atoms with Gasteiger partial charge in [-0.3, -0.25) is 0 Å². The lowest BCUT2D eigenvalue weighted by atomic mass is 9.97. The van der Waals surface area contributed by atoms with Crippen LogP contribution in [0.1, 0.15) is 25.7 Å². The Hall–Kier alpha value is -0.560. The number of hydrogen-bond donors (Lipinski definition) is 1. The molecule has 1 N–H and O–H groups in total. The number of rotatable bonds is 2. The fraction of sp³-hybridized carbons (Fsp3) is 0.600. The van der Waals surface area contributed by atoms with Crippen molar-refractivity contribution in [2.45, 2.75) is 31.8 Å². The minimum Gasteiger partial charge on any atom is -0.388 e. The van der Waals surface area contributed by atoms with Crippen LogP contribution in [0.15, 0.2) is 23.8 Å². The van der Waals surface area contributed by atoms with Gasteiger partial charge in [0, 0.05) is 0 Å². The second-order valence-corrected chi connectivity index (χ2v) is 3.49. The Bertz CT molecular complexity index is 199. The summed E-state index contributed by atoms with van der Waals surface area (Å²) in [6, 6.07) is 0. The van der Waals surface area contributed by atoms with Crippen molar-refractivity contribution < 1.29 is 5.11 Å². The average Bonchev–Trinajstić information content (AvgIpc) is 2.87. The number of hydrogen-bond acceptors (Lipinski definition) is 1. The molecule has 60 valence electrons. The van der Waals surface area contributed by atoms with Crippen molar-refractivity contribution >= 4 is 0 Å². The predicted octanol–water partition coefficient (Wildman–Crippen LogP) is 2.03. The normalized spacial score (nSPS) is 26.5. The largest absolute Gasteiger partial charge is 0.388 e. The molecule has 0 aromatic carbocycles. The molecule has 1 nitrogen and oxygen atoms in total. The summed E-state index contributed by atoms with van der Waals surface area (Å²) in [6.45, 7) is 0. The summed E-state index contributed by atoms with van der Waals surface area (Å²) in [4.78, 5) is 0. The van der Waals surface area contributed by atoms with Crippen LogP contribution in [0, 0.1) is 5.92 Å². The molecule has 0 saturated heterocycles. The first-order valence-corrected chi connectivity index (χ1v) is 4.41. The highest BCUT2D eigenvalue weighted by Gasteiger charge is 2.31. The standard InChI is InChI=1S/C10H14O/c11-10(9-6-7-9)8-4-2-1-3-5-8/h1-2,4,9-11H,3,5-7H2. The minimum atomic E-state index is -0.125. The molecule has 0 radical (unpaired) electrons. The summed E-state index contributed by atoms with van der Waals surface area (Å²) in [5.41, 5.74) is 1.25. The van der Waals surface area contributed by atoms with Crippen molar-refractivity contribution in [3.8, 4) is 0 Å². The topological polar surface area (TPSA) is 20.2 Å². The third-order valence-electron chi connectivity index (χ3n) is 2.49. The van der Waals surface area contributed by atoms with Gasteiger partial charge in [-0.2, -0.15) is 0 Å². The Morgan fingerprint density at radius 3 is 2.82 bits per heavy atom. The molecule has 2 aliphatic rings. The summed E-state index contributed by atoms with van der Waals surface area (Å²) in [5, 5.41) is 9.71. The maximum Gasteiger partial charge on any atom is 0.0781 e. The van der Waals surface area contributed by atoms with Gasteiger partial charge >= 0.3 is 0 Å². The van der Waals surface area contributed by atoms with Crippen LogP contribution >= 0.6 is 0 Å². The van der Waals surface area contributed by atoms with Crippen LogP contribution in [0.3, 0.4) is 0 Å². The van der Waals surface area contributed by atoms with E-state index in [-0.39, 0.29) is 6.10 Å². The molecule has 1 saturated carbocycles. The zero-order valence-corrected chi connectivity index (χ0v) is 6.66. The third-order valence-corrected chi connectivity index (χ3v) is 2.49. The van der Waals surface area contributed by atoms with E-state index < -0.39 is 0 Å². The maximum absolute atomic E-state index is 9.71. The molecule has 0 aromatic heterocycles. The Labute approximate surface area is 67.4 Å². The van der Waals surface area contributed by atoms with Crippen molar-refractivity contribution in [1.82, 2.24) is 0 Å². The Kier molecular flexibility index (Phi) is 1.82. The molecule has 1 fully saturated rings. The van der Waals surface area contributed by atoms with Gasteiger partial charge in [0.15, 0.2) is 0 Å². The highest BCUT2D eigenvalue weighted by Crippen LogP contribution is 2.37. The van der Waals surface area contributed by atoms with Gasteiger partial charge in [0.1, 0.15) is 0 Å². The summed E-state index contributed by atoms with van der Waals surface area (Å²) >= 11 is 0. The van der Waals surface area contributed by atoms with Crippen LogP contribution in [0.2, 0.25) is 0 Å². The fourth-order valence-corrected chi connectivity index (χ4v) is 1.58. The Balaban J connectivity index is 2.01.